The van der Waals surface area contributed by atoms with Crippen molar-refractivity contribution in [2.24, 2.45) is 0 Å². The molecule has 0 aliphatic rings. The van der Waals surface area contributed by atoms with Crippen LogP contribution in [0.25, 0.3) is 10.2 Å². The highest BCUT2D eigenvalue weighted by atomic mass is 35.5. The predicted octanol–water partition coefficient (Wildman–Crippen LogP) is 6.14. The van der Waals surface area contributed by atoms with Gasteiger partial charge >= 0.3 is 0 Å². The summed E-state index contributed by atoms with van der Waals surface area (Å²) in [6, 6.07) is 25.7. The molecule has 0 spiro atoms. The number of carbonyl (C=O) groups excluding carboxylic acids is 1. The van der Waals surface area contributed by atoms with Crippen LogP contribution in [0.1, 0.15) is 16.4 Å². The van der Waals surface area contributed by atoms with E-state index in [4.69, 9.17) is 11.6 Å². The highest BCUT2D eigenvalue weighted by Gasteiger charge is 2.23. The smallest absolute Gasteiger partial charge is 0.238 e. The van der Waals surface area contributed by atoms with E-state index in [1.165, 1.54) is 17.3 Å². The lowest BCUT2D eigenvalue weighted by atomic mass is 10.1. The van der Waals surface area contributed by atoms with Gasteiger partial charge in [-0.25, -0.2) is 4.98 Å². The van der Waals surface area contributed by atoms with E-state index >= 15 is 0 Å². The summed E-state index contributed by atoms with van der Waals surface area (Å²) in [6.07, 6.45) is 0.804. The van der Waals surface area contributed by atoms with Crippen molar-refractivity contribution < 1.29 is 4.79 Å². The maximum absolute atomic E-state index is 13.0. The third-order valence-corrected chi connectivity index (χ3v) is 7.06. The Bertz CT molecular complexity index is 1100. The fraction of sp³-hybridized carbons (Fsp3) is 0.130. The molecule has 1 aromatic heterocycles. The molecule has 0 radical (unpaired) electrons. The number of hydrogen-bond acceptors (Lipinski definition) is 4. The Hall–Kier alpha value is -2.34. The van der Waals surface area contributed by atoms with Crippen LogP contribution < -0.4 is 5.32 Å². The van der Waals surface area contributed by atoms with E-state index < -0.39 is 0 Å². The fourth-order valence-electron chi connectivity index (χ4n) is 3.00. The first-order valence-corrected chi connectivity index (χ1v) is 11.4. The summed E-state index contributed by atoms with van der Waals surface area (Å²) >= 11 is 9.14. The average molecular weight is 439 g/mol. The third-order valence-electron chi connectivity index (χ3n) is 4.44. The van der Waals surface area contributed by atoms with Crippen LogP contribution >= 0.6 is 34.7 Å². The highest BCUT2D eigenvalue weighted by Crippen LogP contribution is 2.39. The van der Waals surface area contributed by atoms with Gasteiger partial charge in [0.25, 0.3) is 0 Å². The van der Waals surface area contributed by atoms with Gasteiger partial charge in [-0.1, -0.05) is 84.0 Å². The topological polar surface area (TPSA) is 42.0 Å². The van der Waals surface area contributed by atoms with Crippen molar-refractivity contribution >= 4 is 50.8 Å². The quantitative estimate of drug-likeness (QED) is 0.352. The number of nitrogens with zero attached hydrogens (tertiary/aromatic N) is 1. The van der Waals surface area contributed by atoms with Crippen molar-refractivity contribution in [3.63, 3.8) is 0 Å². The van der Waals surface area contributed by atoms with Gasteiger partial charge in [0.05, 0.1) is 10.2 Å². The van der Waals surface area contributed by atoms with Gasteiger partial charge in [0.1, 0.15) is 5.25 Å². The van der Waals surface area contributed by atoms with Crippen molar-refractivity contribution in [2.75, 3.05) is 6.54 Å². The summed E-state index contributed by atoms with van der Waals surface area (Å²) in [7, 11) is 0. The molecule has 3 aromatic carbocycles. The number of nitrogens with one attached hydrogen (secondary N) is 1. The van der Waals surface area contributed by atoms with Crippen LogP contribution in [0.4, 0.5) is 0 Å². The van der Waals surface area contributed by atoms with Crippen molar-refractivity contribution in [1.82, 2.24) is 10.3 Å². The number of aromatic nitrogens is 1. The van der Waals surface area contributed by atoms with Crippen LogP contribution in [0, 0.1) is 0 Å². The van der Waals surface area contributed by atoms with Gasteiger partial charge in [-0.15, -0.1) is 11.3 Å². The molecular formula is C23H19ClN2OS2. The molecule has 1 unspecified atom stereocenters. The Morgan fingerprint density at radius 2 is 1.76 bits per heavy atom. The van der Waals surface area contributed by atoms with E-state index in [0.29, 0.717) is 11.6 Å². The molecule has 4 aromatic rings. The maximum atomic E-state index is 13.0. The Kier molecular flexibility index (Phi) is 6.49. The number of carbonyl (C=O) groups is 1. The molecule has 0 saturated heterocycles. The van der Waals surface area contributed by atoms with Crippen LogP contribution in [0.5, 0.6) is 0 Å². The molecule has 1 N–H and O–H groups in total. The van der Waals surface area contributed by atoms with E-state index in [1.54, 1.807) is 11.3 Å². The largest absolute Gasteiger partial charge is 0.354 e. The van der Waals surface area contributed by atoms with Gasteiger partial charge < -0.3 is 5.32 Å². The zero-order chi connectivity index (χ0) is 20.1. The zero-order valence-corrected chi connectivity index (χ0v) is 17.9. The number of thiazole rings is 1. The lowest BCUT2D eigenvalue weighted by molar-refractivity contribution is -0.120. The molecular weight excluding hydrogens is 420 g/mol. The Morgan fingerprint density at radius 1 is 1.03 bits per heavy atom. The Balaban J connectivity index is 1.50. The Morgan fingerprint density at radius 3 is 2.52 bits per heavy atom. The van der Waals surface area contributed by atoms with Crippen molar-refractivity contribution in [1.29, 1.82) is 0 Å². The van der Waals surface area contributed by atoms with E-state index in [9.17, 15) is 4.79 Å². The van der Waals surface area contributed by atoms with E-state index in [2.05, 4.69) is 22.4 Å². The van der Waals surface area contributed by atoms with Crippen molar-refractivity contribution in [3.05, 3.63) is 95.0 Å². The predicted molar refractivity (Wildman–Crippen MR) is 123 cm³/mol. The lowest BCUT2D eigenvalue weighted by Crippen LogP contribution is -2.29. The Labute approximate surface area is 183 Å². The van der Waals surface area contributed by atoms with Gasteiger partial charge in [0.15, 0.2) is 4.34 Å². The first kappa shape index (κ1) is 20.0. The molecule has 4 rings (SSSR count). The molecule has 0 aliphatic carbocycles. The molecule has 146 valence electrons. The van der Waals surface area contributed by atoms with Gasteiger partial charge in [0, 0.05) is 11.6 Å². The fourth-order valence-corrected chi connectivity index (χ4v) is 5.43. The summed E-state index contributed by atoms with van der Waals surface area (Å²) in [5.41, 5.74) is 3.04. The summed E-state index contributed by atoms with van der Waals surface area (Å²) in [4.78, 5) is 17.7. The summed E-state index contributed by atoms with van der Waals surface area (Å²) < 4.78 is 1.92. The van der Waals surface area contributed by atoms with Crippen LogP contribution in [0.2, 0.25) is 5.02 Å². The minimum Gasteiger partial charge on any atom is -0.354 e. The second-order valence-electron chi connectivity index (χ2n) is 6.53. The minimum absolute atomic E-state index is 0.00517. The van der Waals surface area contributed by atoms with Crippen LogP contribution in [0.15, 0.2) is 83.2 Å². The minimum atomic E-state index is -0.358. The molecule has 29 heavy (non-hydrogen) atoms. The van der Waals surface area contributed by atoms with E-state index in [0.717, 1.165) is 26.5 Å². The summed E-state index contributed by atoms with van der Waals surface area (Å²) in [5, 5.41) is 3.39. The molecule has 0 bridgehead atoms. The first-order chi connectivity index (χ1) is 14.2. The molecule has 0 aliphatic heterocycles. The summed E-state index contributed by atoms with van der Waals surface area (Å²) in [6.45, 7) is 0.599. The number of halogens is 1. The van der Waals surface area contributed by atoms with Crippen LogP contribution in [-0.2, 0) is 11.2 Å². The number of hydrogen-bond donors (Lipinski definition) is 1. The van der Waals surface area contributed by atoms with Crippen LogP contribution in [-0.4, -0.2) is 17.4 Å². The highest BCUT2D eigenvalue weighted by molar-refractivity contribution is 8.02. The van der Waals surface area contributed by atoms with Gasteiger partial charge in [0.2, 0.25) is 5.91 Å². The number of benzene rings is 3. The SMILES string of the molecule is O=C(NCCc1ccccc1)C(Sc1nc2cc(Cl)ccc2s1)c1ccccc1. The van der Waals surface area contributed by atoms with Gasteiger partial charge in [-0.2, -0.15) is 0 Å². The monoisotopic (exact) mass is 438 g/mol. The number of rotatable bonds is 7. The van der Waals surface area contributed by atoms with Gasteiger partial charge in [-0.3, -0.25) is 4.79 Å². The average Bonchev–Trinajstić information content (AvgIpc) is 3.15. The third kappa shape index (κ3) is 5.18. The first-order valence-electron chi connectivity index (χ1n) is 9.28. The lowest BCUT2D eigenvalue weighted by Gasteiger charge is -2.15. The second-order valence-corrected chi connectivity index (χ2v) is 9.35. The summed E-state index contributed by atoms with van der Waals surface area (Å²) in [5.74, 6) is -0.00517. The van der Waals surface area contributed by atoms with Crippen molar-refractivity contribution in [2.45, 2.75) is 16.0 Å². The molecule has 1 amide bonds. The molecule has 1 heterocycles. The molecule has 0 saturated carbocycles. The van der Waals surface area contributed by atoms with E-state index in [-0.39, 0.29) is 11.2 Å². The molecule has 0 fully saturated rings. The molecule has 6 heteroatoms. The normalized spacial score (nSPS) is 12.0. The number of amides is 1. The van der Waals surface area contributed by atoms with Gasteiger partial charge in [-0.05, 0) is 35.7 Å². The number of thioether (sulfide) groups is 1. The van der Waals surface area contributed by atoms with Crippen molar-refractivity contribution in [3.8, 4) is 0 Å². The molecule has 1 atom stereocenters. The standard InChI is InChI=1S/C23H19ClN2OS2/c24-18-11-12-20-19(15-18)26-23(28-20)29-21(17-9-5-2-6-10-17)22(27)25-14-13-16-7-3-1-4-8-16/h1-12,15,21H,13-14H2,(H,25,27). The van der Waals surface area contributed by atoms with E-state index in [1.807, 2.05) is 66.7 Å². The molecule has 3 nitrogen and oxygen atoms in total. The van der Waals surface area contributed by atoms with Crippen LogP contribution in [0.3, 0.4) is 0 Å². The number of fused-ring (bicyclic) bond motifs is 1. The maximum Gasteiger partial charge on any atom is 0.238 e. The second kappa shape index (κ2) is 9.44. The zero-order valence-electron chi connectivity index (χ0n) is 15.5.